The lowest BCUT2D eigenvalue weighted by atomic mass is 9.82. The maximum absolute atomic E-state index is 2.45. The van der Waals surface area contributed by atoms with E-state index in [0.717, 1.165) is 5.69 Å². The van der Waals surface area contributed by atoms with E-state index in [9.17, 15) is 0 Å². The van der Waals surface area contributed by atoms with E-state index in [0.29, 0.717) is 0 Å². The number of hydrogen-bond acceptors (Lipinski definition) is 0. The van der Waals surface area contributed by atoms with Gasteiger partial charge in [0.15, 0.2) is 0 Å². The average Bonchev–Trinajstić information content (AvgIpc) is 3.86. The fourth-order valence-electron chi connectivity index (χ4n) is 9.86. The SMILES string of the molecule is CC1(C)c2ccccc2-c2ccc(-n3c4ccccc4c4cc(-c5ccc6c7ccccc7n(-c7ccc(-c8ccc9ccccc9c8)cc7)c6c5)ccc43)cc21. The number of fused-ring (bicyclic) bond motifs is 10. The first-order valence-corrected chi connectivity index (χ1v) is 19.9. The first-order chi connectivity index (χ1) is 28.0. The quantitative estimate of drug-likeness (QED) is 0.171. The van der Waals surface area contributed by atoms with Crippen molar-refractivity contribution < 1.29 is 0 Å². The van der Waals surface area contributed by atoms with Gasteiger partial charge in [-0.3, -0.25) is 0 Å². The lowest BCUT2D eigenvalue weighted by molar-refractivity contribution is 0.660. The first kappa shape index (κ1) is 32.1. The van der Waals surface area contributed by atoms with E-state index in [-0.39, 0.29) is 5.41 Å². The highest BCUT2D eigenvalue weighted by molar-refractivity contribution is 6.12. The molecule has 0 N–H and O–H groups in total. The molecule has 0 radical (unpaired) electrons. The third-order valence-electron chi connectivity index (χ3n) is 12.7. The van der Waals surface area contributed by atoms with E-state index >= 15 is 0 Å². The van der Waals surface area contributed by atoms with Gasteiger partial charge in [0.25, 0.3) is 0 Å². The number of rotatable bonds is 4. The van der Waals surface area contributed by atoms with Crippen LogP contribution < -0.4 is 0 Å². The predicted octanol–water partition coefficient (Wildman–Crippen LogP) is 14.7. The van der Waals surface area contributed by atoms with Gasteiger partial charge in [0, 0.05) is 38.3 Å². The van der Waals surface area contributed by atoms with Gasteiger partial charge >= 0.3 is 0 Å². The topological polar surface area (TPSA) is 9.86 Å². The molecule has 0 saturated carbocycles. The Hall–Kier alpha value is -7.16. The van der Waals surface area contributed by atoms with Crippen LogP contribution in [0, 0.1) is 0 Å². The summed E-state index contributed by atoms with van der Waals surface area (Å²) in [5, 5.41) is 7.56. The molecule has 0 atom stereocenters. The molecule has 12 rings (SSSR count). The zero-order valence-corrected chi connectivity index (χ0v) is 31.9. The molecule has 2 nitrogen and oxygen atoms in total. The fraction of sp³-hybridized carbons (Fsp3) is 0.0545. The van der Waals surface area contributed by atoms with E-state index in [1.165, 1.54) is 105 Å². The van der Waals surface area contributed by atoms with Crippen molar-refractivity contribution in [3.8, 4) is 44.8 Å². The van der Waals surface area contributed by atoms with E-state index in [1.807, 2.05) is 0 Å². The molecule has 2 aromatic heterocycles. The molecule has 268 valence electrons. The second-order valence-electron chi connectivity index (χ2n) is 16.2. The highest BCUT2D eigenvalue weighted by Gasteiger charge is 2.35. The van der Waals surface area contributed by atoms with Crippen LogP contribution in [0.1, 0.15) is 25.0 Å². The summed E-state index contributed by atoms with van der Waals surface area (Å²) in [6.45, 7) is 4.72. The number of nitrogens with zero attached hydrogens (tertiary/aromatic N) is 2. The van der Waals surface area contributed by atoms with Crippen LogP contribution in [-0.4, -0.2) is 9.13 Å². The highest BCUT2D eigenvalue weighted by atomic mass is 15.0. The van der Waals surface area contributed by atoms with Crippen molar-refractivity contribution in [1.82, 2.24) is 9.13 Å². The molecular formula is C55H38N2. The minimum Gasteiger partial charge on any atom is -0.309 e. The summed E-state index contributed by atoms with van der Waals surface area (Å²) in [5.74, 6) is 0. The van der Waals surface area contributed by atoms with Crippen LogP contribution in [0.25, 0.3) is 99.1 Å². The second kappa shape index (κ2) is 11.9. The number of aromatic nitrogens is 2. The molecule has 0 aliphatic heterocycles. The molecule has 0 unspecified atom stereocenters. The predicted molar refractivity (Wildman–Crippen MR) is 241 cm³/mol. The van der Waals surface area contributed by atoms with Gasteiger partial charge in [0.1, 0.15) is 0 Å². The molecule has 0 spiro atoms. The maximum atomic E-state index is 2.45. The van der Waals surface area contributed by atoms with Gasteiger partial charge in [-0.05, 0) is 116 Å². The van der Waals surface area contributed by atoms with E-state index in [2.05, 4.69) is 217 Å². The largest absolute Gasteiger partial charge is 0.309 e. The van der Waals surface area contributed by atoms with Gasteiger partial charge < -0.3 is 9.13 Å². The molecule has 0 saturated heterocycles. The number of benzene rings is 9. The van der Waals surface area contributed by atoms with Crippen molar-refractivity contribution in [2.24, 2.45) is 0 Å². The Morgan fingerprint density at radius 3 is 1.68 bits per heavy atom. The van der Waals surface area contributed by atoms with Gasteiger partial charge in [0.2, 0.25) is 0 Å². The Morgan fingerprint density at radius 1 is 0.316 bits per heavy atom. The van der Waals surface area contributed by atoms with Gasteiger partial charge in [-0.25, -0.2) is 0 Å². The molecule has 2 heteroatoms. The Morgan fingerprint density at radius 2 is 0.860 bits per heavy atom. The summed E-state index contributed by atoms with van der Waals surface area (Å²) in [6.07, 6.45) is 0. The average molecular weight is 727 g/mol. The van der Waals surface area contributed by atoms with E-state index in [1.54, 1.807) is 0 Å². The summed E-state index contributed by atoms with van der Waals surface area (Å²) in [5.41, 5.74) is 17.5. The number of para-hydroxylation sites is 2. The highest BCUT2D eigenvalue weighted by Crippen LogP contribution is 2.49. The van der Waals surface area contributed by atoms with Crippen LogP contribution in [0.2, 0.25) is 0 Å². The summed E-state index contributed by atoms with van der Waals surface area (Å²) in [6, 6.07) is 71.9. The maximum Gasteiger partial charge on any atom is 0.0547 e. The molecule has 9 aromatic carbocycles. The summed E-state index contributed by atoms with van der Waals surface area (Å²) in [7, 11) is 0. The smallest absolute Gasteiger partial charge is 0.0547 e. The van der Waals surface area contributed by atoms with Gasteiger partial charge in [0.05, 0.1) is 22.1 Å². The zero-order chi connectivity index (χ0) is 37.8. The van der Waals surface area contributed by atoms with Crippen LogP contribution in [0.5, 0.6) is 0 Å². The van der Waals surface area contributed by atoms with E-state index in [4.69, 9.17) is 0 Å². The van der Waals surface area contributed by atoms with Crippen LogP contribution in [-0.2, 0) is 5.41 Å². The molecule has 1 aliphatic carbocycles. The normalized spacial score (nSPS) is 13.2. The first-order valence-electron chi connectivity index (χ1n) is 19.9. The van der Waals surface area contributed by atoms with Gasteiger partial charge in [-0.15, -0.1) is 0 Å². The fourth-order valence-corrected chi connectivity index (χ4v) is 9.86. The Bertz CT molecular complexity index is 3430. The van der Waals surface area contributed by atoms with Crippen LogP contribution >= 0.6 is 0 Å². The molecule has 57 heavy (non-hydrogen) atoms. The molecule has 0 bridgehead atoms. The minimum atomic E-state index is -0.0613. The number of hydrogen-bond donors (Lipinski definition) is 0. The van der Waals surface area contributed by atoms with Crippen molar-refractivity contribution in [1.29, 1.82) is 0 Å². The van der Waals surface area contributed by atoms with Crippen LogP contribution in [0.15, 0.2) is 194 Å². The Balaban J connectivity index is 0.983. The Kier molecular flexibility index (Phi) is 6.72. The van der Waals surface area contributed by atoms with Crippen LogP contribution in [0.3, 0.4) is 0 Å². The third-order valence-corrected chi connectivity index (χ3v) is 12.7. The van der Waals surface area contributed by atoms with Crippen molar-refractivity contribution in [2.45, 2.75) is 19.3 Å². The summed E-state index contributed by atoms with van der Waals surface area (Å²) in [4.78, 5) is 0. The Labute approximate surface area is 331 Å². The van der Waals surface area contributed by atoms with Gasteiger partial charge in [-0.1, -0.05) is 147 Å². The van der Waals surface area contributed by atoms with Crippen molar-refractivity contribution in [2.75, 3.05) is 0 Å². The van der Waals surface area contributed by atoms with Crippen molar-refractivity contribution in [3.05, 3.63) is 205 Å². The molecule has 0 amide bonds. The molecule has 11 aromatic rings. The minimum absolute atomic E-state index is 0.0613. The van der Waals surface area contributed by atoms with E-state index < -0.39 is 0 Å². The molecule has 2 heterocycles. The summed E-state index contributed by atoms with van der Waals surface area (Å²) < 4.78 is 4.88. The van der Waals surface area contributed by atoms with Crippen molar-refractivity contribution in [3.63, 3.8) is 0 Å². The summed E-state index contributed by atoms with van der Waals surface area (Å²) >= 11 is 0. The molecular weight excluding hydrogens is 689 g/mol. The third kappa shape index (κ3) is 4.71. The lowest BCUT2D eigenvalue weighted by Gasteiger charge is -2.22. The lowest BCUT2D eigenvalue weighted by Crippen LogP contribution is -2.15. The zero-order valence-electron chi connectivity index (χ0n) is 31.9. The van der Waals surface area contributed by atoms with Crippen molar-refractivity contribution >= 4 is 54.4 Å². The monoisotopic (exact) mass is 726 g/mol. The molecule has 0 fully saturated rings. The van der Waals surface area contributed by atoms with Gasteiger partial charge in [-0.2, -0.15) is 0 Å². The standard InChI is InChI=1S/C55H38N2/c1-55(2)49-16-8-5-13-43(49)44-29-27-42(34-50(44)55)57-52-18-10-7-15-46(52)48-32-39(24-30-53(48)57)40-23-28-47-45-14-6-9-17-51(45)56(54(47)33-40)41-25-21-36(22-26-41)38-20-19-35-11-3-4-12-37(35)31-38/h3-34H,1-2H3. The van der Waals surface area contributed by atoms with Crippen LogP contribution in [0.4, 0.5) is 0 Å². The molecule has 1 aliphatic rings. The second-order valence-corrected chi connectivity index (χ2v) is 16.2.